The SMILES string of the molecule is CC[Si](CC)(CC)OC(=C(F)F)c1ccc(OC)cc1. The summed E-state index contributed by atoms with van der Waals surface area (Å²) in [4.78, 5) is 0. The number of ether oxygens (including phenoxy) is 1. The maximum atomic E-state index is 13.3. The molecule has 0 amide bonds. The number of halogens is 2. The molecule has 5 heteroatoms. The molecule has 0 aliphatic carbocycles. The first kappa shape index (κ1) is 16.7. The molecule has 0 N–H and O–H groups in total. The van der Waals surface area contributed by atoms with E-state index in [4.69, 9.17) is 9.16 Å². The summed E-state index contributed by atoms with van der Waals surface area (Å²) < 4.78 is 37.4. The van der Waals surface area contributed by atoms with Crippen molar-refractivity contribution in [1.82, 2.24) is 0 Å². The van der Waals surface area contributed by atoms with Crippen LogP contribution in [0.5, 0.6) is 5.75 Å². The van der Waals surface area contributed by atoms with Crippen LogP contribution in [0.4, 0.5) is 8.78 Å². The normalized spacial score (nSPS) is 11.1. The van der Waals surface area contributed by atoms with Gasteiger partial charge in [-0.25, -0.2) is 0 Å². The minimum atomic E-state index is -2.12. The summed E-state index contributed by atoms with van der Waals surface area (Å²) in [6.07, 6.45) is -1.76. The summed E-state index contributed by atoms with van der Waals surface area (Å²) in [6, 6.07) is 9.01. The fourth-order valence-corrected chi connectivity index (χ4v) is 4.69. The Morgan fingerprint density at radius 2 is 1.50 bits per heavy atom. The molecule has 0 atom stereocenters. The highest BCUT2D eigenvalue weighted by molar-refractivity contribution is 6.74. The van der Waals surface area contributed by atoms with Gasteiger partial charge in [-0.05, 0) is 42.4 Å². The van der Waals surface area contributed by atoms with E-state index in [0.29, 0.717) is 11.3 Å². The van der Waals surface area contributed by atoms with Crippen LogP contribution in [0.2, 0.25) is 18.1 Å². The fraction of sp³-hybridized carbons (Fsp3) is 0.467. The van der Waals surface area contributed by atoms with Gasteiger partial charge in [-0.15, -0.1) is 0 Å². The zero-order chi connectivity index (χ0) is 15.2. The Balaban J connectivity index is 3.10. The molecule has 0 aromatic heterocycles. The highest BCUT2D eigenvalue weighted by Crippen LogP contribution is 2.32. The zero-order valence-corrected chi connectivity index (χ0v) is 13.5. The largest absolute Gasteiger partial charge is 0.540 e. The van der Waals surface area contributed by atoms with Gasteiger partial charge in [0, 0.05) is 5.56 Å². The molecular weight excluding hydrogens is 278 g/mol. The van der Waals surface area contributed by atoms with Gasteiger partial charge in [0.25, 0.3) is 8.32 Å². The van der Waals surface area contributed by atoms with Crippen molar-refractivity contribution in [2.45, 2.75) is 38.9 Å². The van der Waals surface area contributed by atoms with Crippen LogP contribution in [0.3, 0.4) is 0 Å². The first-order valence-electron chi connectivity index (χ1n) is 6.90. The van der Waals surface area contributed by atoms with Crippen molar-refractivity contribution in [1.29, 1.82) is 0 Å². The van der Waals surface area contributed by atoms with Crippen LogP contribution in [0.25, 0.3) is 5.76 Å². The van der Waals surface area contributed by atoms with E-state index in [1.165, 1.54) is 0 Å². The van der Waals surface area contributed by atoms with Crippen LogP contribution in [-0.2, 0) is 4.43 Å². The number of benzene rings is 1. The van der Waals surface area contributed by atoms with Crippen LogP contribution in [-0.4, -0.2) is 15.4 Å². The minimum Gasteiger partial charge on any atom is -0.540 e. The van der Waals surface area contributed by atoms with Gasteiger partial charge in [-0.2, -0.15) is 8.78 Å². The van der Waals surface area contributed by atoms with Gasteiger partial charge in [0.2, 0.25) is 0 Å². The van der Waals surface area contributed by atoms with Gasteiger partial charge < -0.3 is 9.16 Å². The van der Waals surface area contributed by atoms with Gasteiger partial charge in [0.15, 0.2) is 5.76 Å². The molecule has 0 bridgehead atoms. The summed E-state index contributed by atoms with van der Waals surface area (Å²) >= 11 is 0. The van der Waals surface area contributed by atoms with E-state index >= 15 is 0 Å². The predicted molar refractivity (Wildman–Crippen MR) is 80.4 cm³/mol. The molecule has 0 fully saturated rings. The second kappa shape index (κ2) is 7.43. The molecule has 0 unspecified atom stereocenters. The van der Waals surface area contributed by atoms with Crippen LogP contribution < -0.4 is 4.74 Å². The molecule has 0 spiro atoms. The summed E-state index contributed by atoms with van der Waals surface area (Å²) in [5.74, 6) is 0.363. The Morgan fingerprint density at radius 3 is 1.85 bits per heavy atom. The monoisotopic (exact) mass is 300 g/mol. The molecule has 0 aliphatic rings. The van der Waals surface area contributed by atoms with Crippen molar-refractivity contribution in [3.63, 3.8) is 0 Å². The van der Waals surface area contributed by atoms with Crippen LogP contribution in [0, 0.1) is 0 Å². The van der Waals surface area contributed by atoms with Gasteiger partial charge in [-0.1, -0.05) is 20.8 Å². The van der Waals surface area contributed by atoms with Crippen molar-refractivity contribution >= 4 is 14.1 Å². The molecule has 2 nitrogen and oxygen atoms in total. The lowest BCUT2D eigenvalue weighted by Gasteiger charge is -2.30. The van der Waals surface area contributed by atoms with E-state index in [1.807, 2.05) is 20.8 Å². The number of methoxy groups -OCH3 is 1. The molecule has 0 saturated heterocycles. The van der Waals surface area contributed by atoms with Crippen molar-refractivity contribution in [3.05, 3.63) is 35.9 Å². The molecule has 0 saturated carbocycles. The van der Waals surface area contributed by atoms with Crippen LogP contribution in [0.15, 0.2) is 30.3 Å². The van der Waals surface area contributed by atoms with E-state index in [2.05, 4.69) is 0 Å². The third kappa shape index (κ3) is 3.82. The van der Waals surface area contributed by atoms with Crippen molar-refractivity contribution in [3.8, 4) is 5.75 Å². The molecule has 0 heterocycles. The number of hydrogen-bond acceptors (Lipinski definition) is 2. The Bertz CT molecular complexity index is 441. The molecule has 112 valence electrons. The maximum Gasteiger partial charge on any atom is 0.311 e. The lowest BCUT2D eigenvalue weighted by Crippen LogP contribution is -2.35. The molecule has 1 aromatic carbocycles. The topological polar surface area (TPSA) is 18.5 Å². The maximum absolute atomic E-state index is 13.3. The molecule has 0 radical (unpaired) electrons. The van der Waals surface area contributed by atoms with Crippen molar-refractivity contribution in [2.24, 2.45) is 0 Å². The average molecular weight is 300 g/mol. The lowest BCUT2D eigenvalue weighted by atomic mass is 10.2. The van der Waals surface area contributed by atoms with Gasteiger partial charge in [-0.3, -0.25) is 0 Å². The van der Waals surface area contributed by atoms with E-state index in [1.54, 1.807) is 31.4 Å². The zero-order valence-electron chi connectivity index (χ0n) is 12.5. The first-order valence-corrected chi connectivity index (χ1v) is 9.43. The third-order valence-corrected chi connectivity index (χ3v) is 8.28. The van der Waals surface area contributed by atoms with Crippen molar-refractivity contribution in [2.75, 3.05) is 7.11 Å². The highest BCUT2D eigenvalue weighted by atomic mass is 28.4. The fourth-order valence-electron chi connectivity index (χ4n) is 2.13. The smallest absolute Gasteiger partial charge is 0.311 e. The lowest BCUT2D eigenvalue weighted by molar-refractivity contribution is 0.379. The number of hydrogen-bond donors (Lipinski definition) is 0. The summed E-state index contributed by atoms with van der Waals surface area (Å²) in [5, 5.41) is 0. The third-order valence-electron chi connectivity index (χ3n) is 3.78. The average Bonchev–Trinajstić information content (AvgIpc) is 2.49. The Hall–Kier alpha value is -1.36. The Kier molecular flexibility index (Phi) is 6.20. The van der Waals surface area contributed by atoms with Gasteiger partial charge in [0.05, 0.1) is 7.11 Å². The second-order valence-electron chi connectivity index (χ2n) is 4.66. The van der Waals surface area contributed by atoms with Crippen LogP contribution >= 0.6 is 0 Å². The molecule has 1 aromatic rings. The van der Waals surface area contributed by atoms with E-state index in [-0.39, 0.29) is 5.76 Å². The molecule has 20 heavy (non-hydrogen) atoms. The Morgan fingerprint density at radius 1 is 1.00 bits per heavy atom. The first-order chi connectivity index (χ1) is 9.51. The quantitative estimate of drug-likeness (QED) is 0.503. The molecular formula is C15H22F2O2Si. The predicted octanol–water partition coefficient (Wildman–Crippen LogP) is 5.28. The highest BCUT2D eigenvalue weighted by Gasteiger charge is 2.33. The number of rotatable bonds is 7. The standard InChI is InChI=1S/C15H22F2O2Si/c1-5-20(6-2,7-3)19-14(15(16)17)12-8-10-13(18-4)11-9-12/h8-11H,5-7H2,1-4H3. The van der Waals surface area contributed by atoms with E-state index in [9.17, 15) is 8.78 Å². The van der Waals surface area contributed by atoms with Gasteiger partial charge >= 0.3 is 6.08 Å². The van der Waals surface area contributed by atoms with Crippen LogP contribution in [0.1, 0.15) is 26.3 Å². The summed E-state index contributed by atoms with van der Waals surface area (Å²) in [7, 11) is -0.574. The summed E-state index contributed by atoms with van der Waals surface area (Å²) in [5.41, 5.74) is 0.401. The van der Waals surface area contributed by atoms with E-state index < -0.39 is 14.4 Å². The molecule has 1 rings (SSSR count). The van der Waals surface area contributed by atoms with Gasteiger partial charge in [0.1, 0.15) is 5.75 Å². The second-order valence-corrected chi connectivity index (χ2v) is 9.36. The molecule has 0 aliphatic heterocycles. The minimum absolute atomic E-state index is 0.273. The van der Waals surface area contributed by atoms with Crippen molar-refractivity contribution < 1.29 is 17.9 Å². The van der Waals surface area contributed by atoms with E-state index in [0.717, 1.165) is 18.1 Å². The summed E-state index contributed by atoms with van der Waals surface area (Å²) in [6.45, 7) is 6.04. The Labute approximate surface area is 120 Å².